The zero-order valence-corrected chi connectivity index (χ0v) is 7.66. The van der Waals surface area contributed by atoms with E-state index >= 15 is 0 Å². The largest absolute Gasteiger partial charge is 0.388 e. The first-order valence-electron chi connectivity index (χ1n) is 4.32. The van der Waals surface area contributed by atoms with Crippen LogP contribution in [-0.2, 0) is 0 Å². The van der Waals surface area contributed by atoms with Crippen molar-refractivity contribution in [3.05, 3.63) is 48.0 Å². The van der Waals surface area contributed by atoms with Gasteiger partial charge < -0.3 is 5.11 Å². The first kappa shape index (κ1) is 10.9. The zero-order valence-electron chi connectivity index (χ0n) is 7.66. The highest BCUT2D eigenvalue weighted by Crippen LogP contribution is 2.22. The lowest BCUT2D eigenvalue weighted by atomic mass is 10.0. The van der Waals surface area contributed by atoms with E-state index in [-0.39, 0.29) is 5.56 Å². The van der Waals surface area contributed by atoms with Gasteiger partial charge in [-0.05, 0) is 12.0 Å². The standard InChI is InChI=1S/C11H12F2O/c1-2-3-10(14)8-4-6-9(7-5-8)11(12)13/h2,4-7,10-11,14H,1,3H2. The maximum absolute atomic E-state index is 12.2. The fraction of sp³-hybridized carbons (Fsp3) is 0.273. The second-order valence-electron chi connectivity index (χ2n) is 3.01. The number of alkyl halides is 2. The summed E-state index contributed by atoms with van der Waals surface area (Å²) in [6.45, 7) is 3.49. The number of hydrogen-bond donors (Lipinski definition) is 1. The van der Waals surface area contributed by atoms with Crippen molar-refractivity contribution in [1.82, 2.24) is 0 Å². The van der Waals surface area contributed by atoms with Crippen LogP contribution in [0.5, 0.6) is 0 Å². The summed E-state index contributed by atoms with van der Waals surface area (Å²) >= 11 is 0. The molecule has 0 spiro atoms. The Morgan fingerprint density at radius 2 is 1.71 bits per heavy atom. The number of aliphatic hydroxyl groups excluding tert-OH is 1. The Morgan fingerprint density at radius 3 is 2.14 bits per heavy atom. The van der Waals surface area contributed by atoms with Gasteiger partial charge in [-0.15, -0.1) is 6.58 Å². The van der Waals surface area contributed by atoms with E-state index in [1.807, 2.05) is 0 Å². The number of aliphatic hydroxyl groups is 1. The van der Waals surface area contributed by atoms with Crippen molar-refractivity contribution in [3.8, 4) is 0 Å². The quantitative estimate of drug-likeness (QED) is 0.736. The highest BCUT2D eigenvalue weighted by molar-refractivity contribution is 5.25. The predicted molar refractivity (Wildman–Crippen MR) is 51.2 cm³/mol. The van der Waals surface area contributed by atoms with Gasteiger partial charge in [-0.1, -0.05) is 30.3 Å². The van der Waals surface area contributed by atoms with Crippen LogP contribution < -0.4 is 0 Å². The molecule has 0 heterocycles. The lowest BCUT2D eigenvalue weighted by Gasteiger charge is -2.08. The maximum Gasteiger partial charge on any atom is 0.263 e. The van der Waals surface area contributed by atoms with Crippen molar-refractivity contribution >= 4 is 0 Å². The molecule has 0 aromatic heterocycles. The smallest absolute Gasteiger partial charge is 0.263 e. The van der Waals surface area contributed by atoms with Crippen molar-refractivity contribution < 1.29 is 13.9 Å². The Hall–Kier alpha value is -1.22. The Kier molecular flexibility index (Phi) is 3.77. The van der Waals surface area contributed by atoms with Crippen LogP contribution in [0.2, 0.25) is 0 Å². The molecule has 0 aliphatic carbocycles. The Morgan fingerprint density at radius 1 is 1.21 bits per heavy atom. The Balaban J connectivity index is 2.77. The van der Waals surface area contributed by atoms with Gasteiger partial charge >= 0.3 is 0 Å². The van der Waals surface area contributed by atoms with Crippen LogP contribution in [0.25, 0.3) is 0 Å². The van der Waals surface area contributed by atoms with Gasteiger partial charge in [-0.25, -0.2) is 8.78 Å². The van der Waals surface area contributed by atoms with Crippen molar-refractivity contribution in [2.24, 2.45) is 0 Å². The van der Waals surface area contributed by atoms with Gasteiger partial charge in [0.2, 0.25) is 0 Å². The average Bonchev–Trinajstić information content (AvgIpc) is 2.18. The molecule has 0 saturated heterocycles. The van der Waals surface area contributed by atoms with Crippen molar-refractivity contribution in [3.63, 3.8) is 0 Å². The molecule has 1 aromatic carbocycles. The minimum absolute atomic E-state index is 0.0282. The monoisotopic (exact) mass is 198 g/mol. The summed E-state index contributed by atoms with van der Waals surface area (Å²) in [6.07, 6.45) is -1.10. The molecule has 0 radical (unpaired) electrons. The topological polar surface area (TPSA) is 20.2 Å². The highest BCUT2D eigenvalue weighted by Gasteiger charge is 2.08. The van der Waals surface area contributed by atoms with Crippen LogP contribution in [0.4, 0.5) is 8.78 Å². The fourth-order valence-electron chi connectivity index (χ4n) is 1.16. The highest BCUT2D eigenvalue weighted by atomic mass is 19.3. The normalized spacial score (nSPS) is 12.9. The molecule has 1 rings (SSSR count). The summed E-state index contributed by atoms with van der Waals surface area (Å²) in [7, 11) is 0. The third kappa shape index (κ3) is 2.64. The lowest BCUT2D eigenvalue weighted by Crippen LogP contribution is -1.95. The molecule has 0 fully saturated rings. The van der Waals surface area contributed by atoms with E-state index in [1.54, 1.807) is 6.08 Å². The summed E-state index contributed by atoms with van der Waals surface area (Å²) in [5, 5.41) is 9.49. The van der Waals surface area contributed by atoms with Crippen molar-refractivity contribution in [1.29, 1.82) is 0 Å². The number of rotatable bonds is 4. The van der Waals surface area contributed by atoms with E-state index in [2.05, 4.69) is 6.58 Å². The molecule has 0 aliphatic heterocycles. The third-order valence-corrected chi connectivity index (χ3v) is 1.96. The molecule has 1 atom stereocenters. The molecular formula is C11H12F2O. The maximum atomic E-state index is 12.2. The SMILES string of the molecule is C=CCC(O)c1ccc(C(F)F)cc1. The van der Waals surface area contributed by atoms with E-state index in [9.17, 15) is 13.9 Å². The van der Waals surface area contributed by atoms with Crippen LogP contribution in [0.3, 0.4) is 0 Å². The van der Waals surface area contributed by atoms with Gasteiger partial charge in [0, 0.05) is 5.56 Å². The molecule has 0 amide bonds. The Labute approximate surface area is 81.7 Å². The summed E-state index contributed by atoms with van der Waals surface area (Å²) < 4.78 is 24.3. The molecule has 3 heteroatoms. The van der Waals surface area contributed by atoms with Crippen LogP contribution in [0.1, 0.15) is 30.1 Å². The minimum atomic E-state index is -2.46. The molecule has 1 N–H and O–H groups in total. The van der Waals surface area contributed by atoms with E-state index in [0.717, 1.165) is 0 Å². The summed E-state index contributed by atoms with van der Waals surface area (Å²) in [6, 6.07) is 5.67. The molecule has 1 aromatic rings. The van der Waals surface area contributed by atoms with Crippen LogP contribution in [0, 0.1) is 0 Å². The summed E-state index contributed by atoms with van der Waals surface area (Å²) in [5.41, 5.74) is 0.605. The molecule has 0 aliphatic rings. The minimum Gasteiger partial charge on any atom is -0.388 e. The van der Waals surface area contributed by atoms with Gasteiger partial charge in [0.25, 0.3) is 6.43 Å². The zero-order chi connectivity index (χ0) is 10.6. The Bertz CT molecular complexity index is 293. The molecule has 14 heavy (non-hydrogen) atoms. The second kappa shape index (κ2) is 4.86. The van der Waals surface area contributed by atoms with E-state index in [1.165, 1.54) is 24.3 Å². The van der Waals surface area contributed by atoms with E-state index in [0.29, 0.717) is 12.0 Å². The van der Waals surface area contributed by atoms with E-state index < -0.39 is 12.5 Å². The first-order chi connectivity index (χ1) is 6.65. The molecule has 1 nitrogen and oxygen atoms in total. The van der Waals surface area contributed by atoms with Crippen LogP contribution in [0.15, 0.2) is 36.9 Å². The molecule has 1 unspecified atom stereocenters. The summed E-state index contributed by atoms with van der Waals surface area (Å²) in [5.74, 6) is 0. The second-order valence-corrected chi connectivity index (χ2v) is 3.01. The number of benzene rings is 1. The van der Waals surface area contributed by atoms with Crippen molar-refractivity contribution in [2.75, 3.05) is 0 Å². The van der Waals surface area contributed by atoms with Gasteiger partial charge in [0.1, 0.15) is 0 Å². The first-order valence-corrected chi connectivity index (χ1v) is 4.32. The van der Waals surface area contributed by atoms with Gasteiger partial charge in [0.05, 0.1) is 6.10 Å². The fourth-order valence-corrected chi connectivity index (χ4v) is 1.16. The van der Waals surface area contributed by atoms with Gasteiger partial charge in [-0.3, -0.25) is 0 Å². The number of hydrogen-bond acceptors (Lipinski definition) is 1. The van der Waals surface area contributed by atoms with Crippen molar-refractivity contribution in [2.45, 2.75) is 19.0 Å². The molecule has 0 saturated carbocycles. The third-order valence-electron chi connectivity index (χ3n) is 1.96. The van der Waals surface area contributed by atoms with Gasteiger partial charge in [-0.2, -0.15) is 0 Å². The number of halogens is 2. The molecule has 0 bridgehead atoms. The van der Waals surface area contributed by atoms with Crippen LogP contribution in [-0.4, -0.2) is 5.11 Å². The van der Waals surface area contributed by atoms with Crippen LogP contribution >= 0.6 is 0 Å². The molecular weight excluding hydrogens is 186 g/mol. The van der Waals surface area contributed by atoms with Gasteiger partial charge in [0.15, 0.2) is 0 Å². The summed E-state index contributed by atoms with van der Waals surface area (Å²) in [4.78, 5) is 0. The average molecular weight is 198 g/mol. The lowest BCUT2D eigenvalue weighted by molar-refractivity contribution is 0.151. The predicted octanol–water partition coefficient (Wildman–Crippen LogP) is 3.23. The molecule has 76 valence electrons. The van der Waals surface area contributed by atoms with E-state index in [4.69, 9.17) is 0 Å².